The van der Waals surface area contributed by atoms with Gasteiger partial charge in [0, 0.05) is 0 Å². The SMILES string of the molecule is COc1ccc(-c2ccc(N(C3CCCc4c(OCC(=O)OC(=O)COc5cccc6c5CCCC6N(c5ccc(-c6ccc(F)cc6)cc5)S(=O)O)cccc43)S(=O)O)cc2)cc1. The van der Waals surface area contributed by atoms with Crippen molar-refractivity contribution in [3.8, 4) is 39.5 Å². The number of hydrogen-bond acceptors (Lipinski definition) is 8. The van der Waals surface area contributed by atoms with Gasteiger partial charge in [-0.15, -0.1) is 0 Å². The molecule has 0 aromatic heterocycles. The molecule has 6 aromatic carbocycles. The van der Waals surface area contributed by atoms with Crippen LogP contribution in [0.5, 0.6) is 17.2 Å². The van der Waals surface area contributed by atoms with Crippen molar-refractivity contribution in [3.63, 3.8) is 0 Å². The number of carbonyl (C=O) groups excluding carboxylic acids is 2. The van der Waals surface area contributed by atoms with Crippen LogP contribution in [0.3, 0.4) is 0 Å². The van der Waals surface area contributed by atoms with Crippen molar-refractivity contribution in [2.24, 2.45) is 0 Å². The Bertz CT molecular complexity index is 2660. The van der Waals surface area contributed by atoms with Crippen LogP contribution in [-0.2, 0) is 49.7 Å². The highest BCUT2D eigenvalue weighted by atomic mass is 32.2. The van der Waals surface area contributed by atoms with E-state index in [9.17, 15) is 31.5 Å². The Hall–Kier alpha value is -6.39. The molecule has 2 N–H and O–H groups in total. The molecule has 6 aromatic rings. The molecule has 2 aliphatic carbocycles. The number of carbonyl (C=O) groups is 2. The van der Waals surface area contributed by atoms with Gasteiger partial charge in [-0.05, 0) is 144 Å². The predicted octanol–water partition coefficient (Wildman–Crippen LogP) is 9.74. The van der Waals surface area contributed by atoms with Crippen LogP contribution < -0.4 is 22.8 Å². The molecule has 0 saturated carbocycles. The van der Waals surface area contributed by atoms with Crippen LogP contribution in [0.2, 0.25) is 0 Å². The fraction of sp³-hybridized carbons (Fsp3) is 0.224. The largest absolute Gasteiger partial charge is 0.497 e. The number of halogens is 1. The van der Waals surface area contributed by atoms with Crippen molar-refractivity contribution in [3.05, 3.63) is 162 Å². The van der Waals surface area contributed by atoms with Crippen molar-refractivity contribution in [1.82, 2.24) is 0 Å². The van der Waals surface area contributed by atoms with E-state index in [-0.39, 0.29) is 5.82 Å². The minimum atomic E-state index is -2.38. The highest BCUT2D eigenvalue weighted by Crippen LogP contribution is 2.43. The molecule has 0 aliphatic heterocycles. The second kappa shape index (κ2) is 20.0. The average Bonchev–Trinajstić information content (AvgIpc) is 3.31. The molecule has 4 unspecified atom stereocenters. The van der Waals surface area contributed by atoms with Gasteiger partial charge in [-0.25, -0.2) is 22.4 Å². The van der Waals surface area contributed by atoms with Gasteiger partial charge in [-0.3, -0.25) is 17.7 Å². The van der Waals surface area contributed by atoms with Crippen LogP contribution >= 0.6 is 0 Å². The predicted molar refractivity (Wildman–Crippen MR) is 243 cm³/mol. The fourth-order valence-corrected chi connectivity index (χ4v) is 10.1. The second-order valence-corrected chi connectivity index (χ2v) is 17.0. The molecule has 4 atom stereocenters. The van der Waals surface area contributed by atoms with Gasteiger partial charge in [-0.1, -0.05) is 72.8 Å². The first-order chi connectivity index (χ1) is 31.1. The number of methoxy groups -OCH3 is 1. The Balaban J connectivity index is 0.889. The van der Waals surface area contributed by atoms with Gasteiger partial charge in [0.25, 0.3) is 22.5 Å². The maximum atomic E-state index is 13.5. The Morgan fingerprint density at radius 1 is 0.594 bits per heavy atom. The summed E-state index contributed by atoms with van der Waals surface area (Å²) >= 11 is -4.74. The zero-order valence-corrected chi connectivity index (χ0v) is 36.4. The summed E-state index contributed by atoms with van der Waals surface area (Å²) in [4.78, 5) is 25.8. The van der Waals surface area contributed by atoms with Gasteiger partial charge in [0.15, 0.2) is 13.2 Å². The summed E-state index contributed by atoms with van der Waals surface area (Å²) in [6, 6.07) is 38.0. The fourth-order valence-electron chi connectivity index (χ4n) is 8.58. The van der Waals surface area contributed by atoms with Gasteiger partial charge in [0.05, 0.1) is 30.6 Å². The van der Waals surface area contributed by atoms with E-state index < -0.39 is 59.8 Å². The molecule has 8 rings (SSSR count). The van der Waals surface area contributed by atoms with E-state index in [4.69, 9.17) is 18.9 Å². The lowest BCUT2D eigenvalue weighted by atomic mass is 9.87. The van der Waals surface area contributed by atoms with Gasteiger partial charge < -0.3 is 18.9 Å². The van der Waals surface area contributed by atoms with E-state index >= 15 is 0 Å². The molecule has 0 fully saturated rings. The van der Waals surface area contributed by atoms with E-state index in [0.29, 0.717) is 61.4 Å². The molecule has 2 aliphatic rings. The molecule has 0 spiro atoms. The normalized spacial score (nSPS) is 16.3. The smallest absolute Gasteiger partial charge is 0.351 e. The van der Waals surface area contributed by atoms with Gasteiger partial charge in [0.1, 0.15) is 23.1 Å². The lowest BCUT2D eigenvalue weighted by molar-refractivity contribution is -0.162. The molecular formula is C49H45FN2O10S2. The lowest BCUT2D eigenvalue weighted by Gasteiger charge is -2.35. The molecule has 0 radical (unpaired) electrons. The summed E-state index contributed by atoms with van der Waals surface area (Å²) in [5, 5.41) is 0. The van der Waals surface area contributed by atoms with Crippen LogP contribution in [0.25, 0.3) is 22.3 Å². The molecule has 64 heavy (non-hydrogen) atoms. The Morgan fingerprint density at radius 3 is 1.38 bits per heavy atom. The number of hydrogen-bond donors (Lipinski definition) is 2. The van der Waals surface area contributed by atoms with Crippen LogP contribution in [0.4, 0.5) is 15.8 Å². The van der Waals surface area contributed by atoms with Crippen molar-refractivity contribution < 1.29 is 50.5 Å². The van der Waals surface area contributed by atoms with Crippen molar-refractivity contribution >= 4 is 45.8 Å². The zero-order chi connectivity index (χ0) is 44.7. The number of fused-ring (bicyclic) bond motifs is 2. The Labute approximate surface area is 375 Å². The van der Waals surface area contributed by atoms with E-state index in [2.05, 4.69) is 0 Å². The van der Waals surface area contributed by atoms with Crippen molar-refractivity contribution in [1.29, 1.82) is 0 Å². The first-order valence-corrected chi connectivity index (χ1v) is 22.8. The third-order valence-electron chi connectivity index (χ3n) is 11.5. The number of benzene rings is 6. The number of rotatable bonds is 15. The highest BCUT2D eigenvalue weighted by molar-refractivity contribution is 7.81. The topological polar surface area (TPSA) is 152 Å². The summed E-state index contributed by atoms with van der Waals surface area (Å²) in [6.45, 7) is -1.12. The molecule has 330 valence electrons. The standard InChI is InChI=1S/C49H45FN2O10S2/c1-59-39-28-20-35(21-29-39)34-18-26-38(27-19-34)52(64(57)58)45-11-3-9-43-41(45)7-5-13-47(43)61-31-49(54)62-48(53)30-60-46-12-4-6-40-42(46)8-2-10-44(40)51(63(55)56)37-24-16-33(17-25-37)32-14-22-36(50)23-15-32/h4-7,12-29,44-45H,2-3,8-11,30-31H2,1H3,(H,55,56)(H,57,58). The molecule has 15 heteroatoms. The summed E-state index contributed by atoms with van der Waals surface area (Å²) in [6.07, 6.45) is 3.79. The summed E-state index contributed by atoms with van der Waals surface area (Å²) in [7, 11) is 1.61. The van der Waals surface area contributed by atoms with Gasteiger partial charge in [0.2, 0.25) is 0 Å². The number of anilines is 2. The molecule has 0 heterocycles. The number of nitrogens with zero attached hydrogens (tertiary/aromatic N) is 2. The third-order valence-corrected chi connectivity index (χ3v) is 13.1. The average molecular weight is 905 g/mol. The first kappa shape index (κ1) is 44.2. The van der Waals surface area contributed by atoms with E-state index in [1.165, 1.54) is 20.7 Å². The monoisotopic (exact) mass is 904 g/mol. The number of esters is 2. The third kappa shape index (κ3) is 9.87. The highest BCUT2D eigenvalue weighted by Gasteiger charge is 2.33. The van der Waals surface area contributed by atoms with Crippen LogP contribution in [0, 0.1) is 5.82 Å². The summed E-state index contributed by atoms with van der Waals surface area (Å²) < 4.78 is 85.3. The lowest BCUT2D eigenvalue weighted by Crippen LogP contribution is -2.33. The molecular weight excluding hydrogens is 860 g/mol. The van der Waals surface area contributed by atoms with Gasteiger partial charge >= 0.3 is 11.9 Å². The Kier molecular flexibility index (Phi) is 13.8. The van der Waals surface area contributed by atoms with E-state index in [1.54, 1.807) is 55.6 Å². The number of ether oxygens (including phenoxy) is 4. The van der Waals surface area contributed by atoms with Crippen LogP contribution in [-0.4, -0.2) is 49.8 Å². The molecule has 0 bridgehead atoms. The van der Waals surface area contributed by atoms with Gasteiger partial charge in [-0.2, -0.15) is 0 Å². The van der Waals surface area contributed by atoms with Crippen molar-refractivity contribution in [2.45, 2.75) is 50.6 Å². The molecule has 0 saturated heterocycles. The van der Waals surface area contributed by atoms with Crippen molar-refractivity contribution in [2.75, 3.05) is 28.9 Å². The second-order valence-electron chi connectivity index (χ2n) is 15.3. The molecule has 12 nitrogen and oxygen atoms in total. The Morgan fingerprint density at radius 2 is 0.984 bits per heavy atom. The maximum Gasteiger partial charge on any atom is 0.351 e. The quantitative estimate of drug-likeness (QED) is 0.0579. The van der Waals surface area contributed by atoms with Crippen LogP contribution in [0.1, 0.15) is 60.0 Å². The zero-order valence-electron chi connectivity index (χ0n) is 34.8. The summed E-state index contributed by atoms with van der Waals surface area (Å²) in [5.74, 6) is -0.630. The first-order valence-electron chi connectivity index (χ1n) is 20.7. The minimum Gasteiger partial charge on any atom is -0.497 e. The maximum absolute atomic E-state index is 13.5. The minimum absolute atomic E-state index is 0.339. The van der Waals surface area contributed by atoms with E-state index in [0.717, 1.165) is 50.3 Å². The van der Waals surface area contributed by atoms with Crippen LogP contribution in [0.15, 0.2) is 133 Å². The molecule has 0 amide bonds. The van der Waals surface area contributed by atoms with E-state index in [1.807, 2.05) is 72.8 Å². The summed E-state index contributed by atoms with van der Waals surface area (Å²) in [5.41, 5.74) is 7.78.